The van der Waals surface area contributed by atoms with E-state index in [0.717, 1.165) is 0 Å². The van der Waals surface area contributed by atoms with Gasteiger partial charge < -0.3 is 14.4 Å². The third kappa shape index (κ3) is 3.82. The molecular formula is C13H12Br2N2O4. The van der Waals surface area contributed by atoms with Crippen LogP contribution in [-0.4, -0.2) is 21.2 Å². The standard InChI is InChI=1S/C13H12Br2N2O4/c1-6(2)12-16-10(17-21-12)5-20-11-8(14)3-7(13(18)19)4-9(11)15/h3-4,6H,5H2,1-2H3,(H,18,19). The van der Waals surface area contributed by atoms with Gasteiger partial charge in [-0.05, 0) is 44.0 Å². The van der Waals surface area contributed by atoms with Crippen molar-refractivity contribution in [3.8, 4) is 5.75 Å². The number of aromatic carboxylic acids is 1. The lowest BCUT2D eigenvalue weighted by Gasteiger charge is -2.09. The van der Waals surface area contributed by atoms with E-state index in [9.17, 15) is 4.79 Å². The lowest BCUT2D eigenvalue weighted by molar-refractivity contribution is 0.0696. The number of nitrogens with zero attached hydrogens (tertiary/aromatic N) is 2. The van der Waals surface area contributed by atoms with Crippen molar-refractivity contribution in [1.29, 1.82) is 0 Å². The fourth-order valence-corrected chi connectivity index (χ4v) is 2.93. The first-order valence-corrected chi connectivity index (χ1v) is 7.64. The Morgan fingerprint density at radius 1 is 1.38 bits per heavy atom. The third-order valence-corrected chi connectivity index (χ3v) is 3.75. The Hall–Kier alpha value is -1.41. The minimum atomic E-state index is -1.01. The Balaban J connectivity index is 2.14. The average molecular weight is 420 g/mol. The molecule has 8 heteroatoms. The fraction of sp³-hybridized carbons (Fsp3) is 0.308. The van der Waals surface area contributed by atoms with Crippen molar-refractivity contribution in [3.05, 3.63) is 38.4 Å². The second-order valence-electron chi connectivity index (χ2n) is 4.57. The molecule has 0 aliphatic heterocycles. The van der Waals surface area contributed by atoms with Crippen LogP contribution in [0.1, 0.15) is 41.8 Å². The Morgan fingerprint density at radius 3 is 2.48 bits per heavy atom. The van der Waals surface area contributed by atoms with Crippen molar-refractivity contribution in [3.63, 3.8) is 0 Å². The van der Waals surface area contributed by atoms with Crippen LogP contribution in [0.15, 0.2) is 25.6 Å². The van der Waals surface area contributed by atoms with Crippen molar-refractivity contribution in [2.24, 2.45) is 0 Å². The summed E-state index contributed by atoms with van der Waals surface area (Å²) in [5, 5.41) is 12.8. The van der Waals surface area contributed by atoms with E-state index >= 15 is 0 Å². The van der Waals surface area contributed by atoms with Gasteiger partial charge in [0, 0.05) is 5.92 Å². The molecule has 1 aromatic heterocycles. The molecule has 0 fully saturated rings. The van der Waals surface area contributed by atoms with Gasteiger partial charge in [-0.25, -0.2) is 4.79 Å². The van der Waals surface area contributed by atoms with Gasteiger partial charge in [0.25, 0.3) is 0 Å². The third-order valence-electron chi connectivity index (χ3n) is 2.57. The summed E-state index contributed by atoms with van der Waals surface area (Å²) < 4.78 is 11.8. The van der Waals surface area contributed by atoms with E-state index in [4.69, 9.17) is 14.4 Å². The molecule has 0 atom stereocenters. The summed E-state index contributed by atoms with van der Waals surface area (Å²) >= 11 is 6.57. The first-order chi connectivity index (χ1) is 9.88. The van der Waals surface area contributed by atoms with E-state index in [1.807, 2.05) is 13.8 Å². The number of hydrogen-bond donors (Lipinski definition) is 1. The lowest BCUT2D eigenvalue weighted by Crippen LogP contribution is -2.02. The number of carboxylic acids is 1. The topological polar surface area (TPSA) is 85.5 Å². The van der Waals surface area contributed by atoms with Crippen molar-refractivity contribution in [2.45, 2.75) is 26.4 Å². The highest BCUT2D eigenvalue weighted by Gasteiger charge is 2.15. The van der Waals surface area contributed by atoms with Crippen molar-refractivity contribution in [1.82, 2.24) is 10.1 Å². The Kier molecular flexibility index (Phi) is 5.00. The summed E-state index contributed by atoms with van der Waals surface area (Å²) in [5.41, 5.74) is 0.155. The number of aromatic nitrogens is 2. The summed E-state index contributed by atoms with van der Waals surface area (Å²) in [6, 6.07) is 2.94. The highest BCUT2D eigenvalue weighted by molar-refractivity contribution is 9.11. The molecule has 0 radical (unpaired) electrons. The number of ether oxygens (including phenoxy) is 1. The summed E-state index contributed by atoms with van der Waals surface area (Å²) in [6.45, 7) is 4.03. The smallest absolute Gasteiger partial charge is 0.335 e. The molecule has 0 aliphatic carbocycles. The normalized spacial score (nSPS) is 10.9. The van der Waals surface area contributed by atoms with Crippen LogP contribution in [0.2, 0.25) is 0 Å². The van der Waals surface area contributed by atoms with E-state index in [0.29, 0.717) is 26.4 Å². The van der Waals surface area contributed by atoms with Crippen molar-refractivity contribution in [2.75, 3.05) is 0 Å². The average Bonchev–Trinajstić information content (AvgIpc) is 2.86. The summed E-state index contributed by atoms with van der Waals surface area (Å²) in [5.74, 6) is 0.603. The van der Waals surface area contributed by atoms with Gasteiger partial charge in [-0.3, -0.25) is 0 Å². The molecule has 6 nitrogen and oxygen atoms in total. The van der Waals surface area contributed by atoms with Crippen molar-refractivity contribution >= 4 is 37.8 Å². The van der Waals surface area contributed by atoms with Crippen LogP contribution >= 0.6 is 31.9 Å². The number of carboxylic acid groups (broad SMARTS) is 1. The van der Waals surface area contributed by atoms with Gasteiger partial charge in [0.15, 0.2) is 6.61 Å². The van der Waals surface area contributed by atoms with E-state index in [1.54, 1.807) is 0 Å². The second-order valence-corrected chi connectivity index (χ2v) is 6.28. The number of hydrogen-bond acceptors (Lipinski definition) is 5. The maximum atomic E-state index is 10.9. The predicted octanol–water partition coefficient (Wildman–Crippen LogP) is 4.00. The minimum Gasteiger partial charge on any atom is -0.483 e. The minimum absolute atomic E-state index is 0.125. The summed E-state index contributed by atoms with van der Waals surface area (Å²) in [4.78, 5) is 15.2. The number of rotatable bonds is 5. The number of halogens is 2. The first kappa shape index (κ1) is 16.0. The van der Waals surface area contributed by atoms with E-state index in [1.165, 1.54) is 12.1 Å². The van der Waals surface area contributed by atoms with Gasteiger partial charge in [0.2, 0.25) is 11.7 Å². The zero-order valence-electron chi connectivity index (χ0n) is 11.3. The highest BCUT2D eigenvalue weighted by Crippen LogP contribution is 2.35. The Morgan fingerprint density at radius 2 is 2.00 bits per heavy atom. The molecule has 0 amide bonds. The van der Waals surface area contributed by atoms with Gasteiger partial charge in [0.05, 0.1) is 14.5 Å². The molecule has 1 heterocycles. The van der Waals surface area contributed by atoms with Gasteiger partial charge in [-0.1, -0.05) is 19.0 Å². The van der Waals surface area contributed by atoms with Gasteiger partial charge in [-0.2, -0.15) is 4.98 Å². The summed E-state index contributed by atoms with van der Waals surface area (Å²) in [6.07, 6.45) is 0. The van der Waals surface area contributed by atoms with Crippen LogP contribution in [0.5, 0.6) is 5.75 Å². The zero-order valence-corrected chi connectivity index (χ0v) is 14.4. The Labute approximate surface area is 137 Å². The molecule has 0 saturated carbocycles. The molecule has 1 N–H and O–H groups in total. The van der Waals surface area contributed by atoms with Gasteiger partial charge >= 0.3 is 5.97 Å². The van der Waals surface area contributed by atoms with Gasteiger partial charge in [0.1, 0.15) is 5.75 Å². The largest absolute Gasteiger partial charge is 0.483 e. The van der Waals surface area contributed by atoms with Crippen LogP contribution in [0, 0.1) is 0 Å². The maximum absolute atomic E-state index is 10.9. The van der Waals surface area contributed by atoms with E-state index < -0.39 is 5.97 Å². The zero-order chi connectivity index (χ0) is 15.6. The van der Waals surface area contributed by atoms with Crippen molar-refractivity contribution < 1.29 is 19.2 Å². The number of carbonyl (C=O) groups is 1. The molecular weight excluding hydrogens is 408 g/mol. The quantitative estimate of drug-likeness (QED) is 0.788. The molecule has 0 saturated heterocycles. The second kappa shape index (κ2) is 6.57. The first-order valence-electron chi connectivity index (χ1n) is 6.06. The Bertz CT molecular complexity index is 647. The van der Waals surface area contributed by atoms with E-state index in [-0.39, 0.29) is 18.1 Å². The molecule has 21 heavy (non-hydrogen) atoms. The van der Waals surface area contributed by atoms with Crippen LogP contribution in [0.25, 0.3) is 0 Å². The summed E-state index contributed by atoms with van der Waals surface area (Å²) in [7, 11) is 0. The monoisotopic (exact) mass is 418 g/mol. The fourth-order valence-electron chi connectivity index (χ4n) is 1.52. The molecule has 0 bridgehead atoms. The molecule has 0 unspecified atom stereocenters. The molecule has 1 aromatic carbocycles. The van der Waals surface area contributed by atoms with Crippen LogP contribution in [0.4, 0.5) is 0 Å². The SMILES string of the molecule is CC(C)c1nc(COc2c(Br)cc(C(=O)O)cc2Br)no1. The van der Waals surface area contributed by atoms with Gasteiger partial charge in [-0.15, -0.1) is 0 Å². The predicted molar refractivity (Wildman–Crippen MR) is 81.5 cm³/mol. The maximum Gasteiger partial charge on any atom is 0.335 e. The lowest BCUT2D eigenvalue weighted by atomic mass is 10.2. The van der Waals surface area contributed by atoms with Crippen LogP contribution < -0.4 is 4.74 Å². The van der Waals surface area contributed by atoms with Crippen LogP contribution in [0.3, 0.4) is 0 Å². The molecule has 112 valence electrons. The van der Waals surface area contributed by atoms with E-state index in [2.05, 4.69) is 42.0 Å². The molecule has 0 spiro atoms. The number of benzene rings is 1. The highest BCUT2D eigenvalue weighted by atomic mass is 79.9. The van der Waals surface area contributed by atoms with Crippen LogP contribution in [-0.2, 0) is 6.61 Å². The molecule has 2 rings (SSSR count). The molecule has 0 aliphatic rings. The molecule has 2 aromatic rings.